The normalized spacial score (nSPS) is 16.8. The van der Waals surface area contributed by atoms with Crippen LogP contribution in [-0.4, -0.2) is 51.0 Å². The van der Waals surface area contributed by atoms with E-state index in [9.17, 15) is 27.9 Å². The molecule has 8 nitrogen and oxygen atoms in total. The van der Waals surface area contributed by atoms with Gasteiger partial charge in [0.25, 0.3) is 5.91 Å². The van der Waals surface area contributed by atoms with E-state index in [4.69, 9.17) is 5.11 Å². The molecule has 1 amide bonds. The molecule has 4 rings (SSSR count). The topological polar surface area (TPSA) is 134 Å². The molecule has 198 valence electrons. The first-order chi connectivity index (χ1) is 17.8. The van der Waals surface area contributed by atoms with Gasteiger partial charge in [-0.1, -0.05) is 42.0 Å². The van der Waals surface area contributed by atoms with Gasteiger partial charge in [-0.05, 0) is 37.1 Å². The fourth-order valence-corrected chi connectivity index (χ4v) is 3.70. The van der Waals surface area contributed by atoms with Crippen molar-refractivity contribution in [1.82, 2.24) is 14.9 Å². The number of quaternary nitrogens is 1. The molecule has 0 spiro atoms. The van der Waals surface area contributed by atoms with Gasteiger partial charge in [0.1, 0.15) is 0 Å². The Morgan fingerprint density at radius 3 is 2.37 bits per heavy atom. The van der Waals surface area contributed by atoms with Crippen LogP contribution >= 0.6 is 0 Å². The fourth-order valence-electron chi connectivity index (χ4n) is 3.70. The van der Waals surface area contributed by atoms with Crippen molar-refractivity contribution < 1.29 is 38.7 Å². The number of carboxylic acid groups (broad SMARTS) is 1. The van der Waals surface area contributed by atoms with Crippen LogP contribution in [0.1, 0.15) is 40.3 Å². The number of likely N-dealkylation sites (N-methyl/N-ethyl adjacent to an activating group) is 1. The second kappa shape index (κ2) is 11.3. The number of carbonyl (C=O) groups excluding carboxylic acids is 1. The molecule has 0 saturated carbocycles. The van der Waals surface area contributed by atoms with Gasteiger partial charge in [-0.15, -0.1) is 0 Å². The van der Waals surface area contributed by atoms with Crippen molar-refractivity contribution in [3.8, 4) is 28.8 Å². The summed E-state index contributed by atoms with van der Waals surface area (Å²) in [5, 5.41) is 19.0. The molecule has 3 aromatic rings. The number of hydrogen-bond donors (Lipinski definition) is 2. The Morgan fingerprint density at radius 1 is 1.18 bits per heavy atom. The number of likely N-dealkylation sites (tertiary alicyclic amines) is 1. The van der Waals surface area contributed by atoms with E-state index < -0.39 is 29.0 Å². The summed E-state index contributed by atoms with van der Waals surface area (Å²) in [6, 6.07) is 12.0. The molecule has 1 aromatic heterocycles. The lowest BCUT2D eigenvalue weighted by Crippen LogP contribution is -2.75. The standard InChI is InChI=1S/C20H19F3N4O.C7H6O3/c1-13-12-16(14-5-7-15(8-6-14)20(21,22)23)26-17(25-13)4-3-9-19(24)10-11-27(2)18(19)28;8-6-4-2-1-3-5(6)7(9)10/h5-8,12H,9-11,24H2,1-2H3;1-4,8H,(H,9,10)/t19-;/m0./s1. The average Bonchev–Trinajstić information content (AvgIpc) is 3.11. The molecule has 0 bridgehead atoms. The quantitative estimate of drug-likeness (QED) is 0.504. The van der Waals surface area contributed by atoms with Crippen molar-refractivity contribution in [2.24, 2.45) is 0 Å². The van der Waals surface area contributed by atoms with E-state index in [1.807, 2.05) is 0 Å². The Morgan fingerprint density at radius 2 is 1.84 bits per heavy atom. The highest BCUT2D eigenvalue weighted by molar-refractivity contribution is 5.90. The molecule has 1 saturated heterocycles. The van der Waals surface area contributed by atoms with Crippen molar-refractivity contribution in [3.05, 3.63) is 77.2 Å². The zero-order valence-electron chi connectivity index (χ0n) is 20.7. The number of aromatic nitrogens is 2. The average molecular weight is 527 g/mol. The van der Waals surface area contributed by atoms with Gasteiger partial charge in [-0.3, -0.25) is 4.79 Å². The highest BCUT2D eigenvalue weighted by Gasteiger charge is 2.45. The van der Waals surface area contributed by atoms with Crippen molar-refractivity contribution in [1.29, 1.82) is 0 Å². The first-order valence-corrected chi connectivity index (χ1v) is 11.4. The highest BCUT2D eigenvalue weighted by atomic mass is 19.4. The van der Waals surface area contributed by atoms with Crippen LogP contribution in [0.3, 0.4) is 0 Å². The van der Waals surface area contributed by atoms with Crippen molar-refractivity contribution in [3.63, 3.8) is 0 Å². The second-order valence-electron chi connectivity index (χ2n) is 8.83. The Labute approximate surface area is 217 Å². The number of nitrogens with zero attached hydrogens (tertiary/aromatic N) is 3. The summed E-state index contributed by atoms with van der Waals surface area (Å²) >= 11 is 0. The fraction of sp³-hybridized carbons (Fsp3) is 0.259. The predicted molar refractivity (Wildman–Crippen MR) is 129 cm³/mol. The molecule has 0 unspecified atom stereocenters. The third kappa shape index (κ3) is 6.86. The maximum Gasteiger partial charge on any atom is 0.416 e. The zero-order chi connectivity index (χ0) is 28.1. The first-order valence-electron chi connectivity index (χ1n) is 11.4. The summed E-state index contributed by atoms with van der Waals surface area (Å²) in [7, 11) is 1.74. The molecule has 4 N–H and O–H groups in total. The number of hydrogen-bond acceptors (Lipinski definition) is 5. The van der Waals surface area contributed by atoms with E-state index in [2.05, 4.69) is 27.5 Å². The van der Waals surface area contributed by atoms with Crippen LogP contribution in [0, 0.1) is 18.8 Å². The van der Waals surface area contributed by atoms with Gasteiger partial charge < -0.3 is 20.8 Å². The van der Waals surface area contributed by atoms with Gasteiger partial charge in [-0.25, -0.2) is 14.8 Å². The van der Waals surface area contributed by atoms with Gasteiger partial charge in [0.05, 0.1) is 23.2 Å². The number of alkyl halides is 3. The van der Waals surface area contributed by atoms with Crippen molar-refractivity contribution >= 4 is 11.9 Å². The van der Waals surface area contributed by atoms with Crippen LogP contribution in [0.2, 0.25) is 0 Å². The number of carboxylic acids is 1. The first kappa shape index (κ1) is 28.1. The number of rotatable bonds is 3. The molecule has 1 atom stereocenters. The molecule has 38 heavy (non-hydrogen) atoms. The van der Waals surface area contributed by atoms with Crippen LogP contribution in [0.4, 0.5) is 13.2 Å². The summed E-state index contributed by atoms with van der Waals surface area (Å²) in [5.41, 5.74) is 4.06. The smallest absolute Gasteiger partial charge is 0.416 e. The largest absolute Gasteiger partial charge is 0.872 e. The minimum Gasteiger partial charge on any atom is -0.872 e. The summed E-state index contributed by atoms with van der Waals surface area (Å²) in [6.07, 6.45) is -3.45. The third-order valence-corrected chi connectivity index (χ3v) is 5.83. The van der Waals surface area contributed by atoms with E-state index in [1.54, 1.807) is 24.9 Å². The number of carbonyl (C=O) groups is 2. The van der Waals surface area contributed by atoms with Gasteiger partial charge >= 0.3 is 12.1 Å². The maximum atomic E-state index is 12.7. The molecule has 1 aliphatic rings. The molecular formula is C27H25F3N4O4. The van der Waals surface area contributed by atoms with Gasteiger partial charge in [0.2, 0.25) is 5.82 Å². The zero-order valence-corrected chi connectivity index (χ0v) is 20.7. The van der Waals surface area contributed by atoms with Gasteiger partial charge in [0, 0.05) is 31.3 Å². The third-order valence-electron chi connectivity index (χ3n) is 5.83. The van der Waals surface area contributed by atoms with Crippen LogP contribution in [0.25, 0.3) is 11.3 Å². The van der Waals surface area contributed by atoms with E-state index in [0.717, 1.165) is 12.1 Å². The SMILES string of the molecule is Cc1cc(-c2ccc(C(F)(F)F)cc2)nc(C#CC[C@]2([NH3+])CCN(C)C2=O)n1.O=C(O)c1ccccc1[O-]. The molecular weight excluding hydrogens is 501 g/mol. The summed E-state index contributed by atoms with van der Waals surface area (Å²) in [6.45, 7) is 2.42. The number of para-hydroxylation sites is 1. The summed E-state index contributed by atoms with van der Waals surface area (Å²) in [4.78, 5) is 32.6. The van der Waals surface area contributed by atoms with Crippen LogP contribution in [0.5, 0.6) is 5.75 Å². The lowest BCUT2D eigenvalue weighted by atomic mass is 9.95. The molecule has 2 aromatic carbocycles. The number of aryl methyl sites for hydroxylation is 1. The Bertz CT molecular complexity index is 1400. The molecule has 11 heteroatoms. The molecule has 1 aliphatic heterocycles. The monoisotopic (exact) mass is 526 g/mol. The van der Waals surface area contributed by atoms with Crippen molar-refractivity contribution in [2.45, 2.75) is 31.5 Å². The molecule has 2 heterocycles. The maximum absolute atomic E-state index is 12.7. The molecule has 1 fully saturated rings. The van der Waals surface area contributed by atoms with E-state index in [-0.39, 0.29) is 17.3 Å². The van der Waals surface area contributed by atoms with Gasteiger partial charge in [0.15, 0.2) is 5.54 Å². The van der Waals surface area contributed by atoms with Gasteiger partial charge in [-0.2, -0.15) is 13.2 Å². The molecule has 0 aliphatic carbocycles. The predicted octanol–water partition coefficient (Wildman–Crippen LogP) is 2.51. The van der Waals surface area contributed by atoms with E-state index >= 15 is 0 Å². The number of aromatic carboxylic acids is 1. The Kier molecular flexibility index (Phi) is 8.38. The van der Waals surface area contributed by atoms with Crippen LogP contribution < -0.4 is 10.8 Å². The van der Waals surface area contributed by atoms with Crippen molar-refractivity contribution in [2.75, 3.05) is 13.6 Å². The summed E-state index contributed by atoms with van der Waals surface area (Å²) < 4.78 is 38.2. The van der Waals surface area contributed by atoms with Crippen LogP contribution in [-0.2, 0) is 11.0 Å². The minimum absolute atomic E-state index is 0.0302. The second-order valence-corrected chi connectivity index (χ2v) is 8.83. The highest BCUT2D eigenvalue weighted by Crippen LogP contribution is 2.30. The van der Waals surface area contributed by atoms with Crippen LogP contribution in [0.15, 0.2) is 54.6 Å². The van der Waals surface area contributed by atoms with E-state index in [1.165, 1.54) is 36.4 Å². The Balaban J connectivity index is 0.000000336. The number of halogens is 3. The lowest BCUT2D eigenvalue weighted by Gasteiger charge is -2.14. The summed E-state index contributed by atoms with van der Waals surface area (Å²) in [5.74, 6) is 4.40. The molecule has 0 radical (unpaired) electrons. The lowest BCUT2D eigenvalue weighted by molar-refractivity contribution is -0.454. The van der Waals surface area contributed by atoms with E-state index in [0.29, 0.717) is 36.3 Å². The number of amides is 1. The minimum atomic E-state index is -4.38. The Hall–Kier alpha value is -4.43. The number of benzene rings is 2.